The number of rotatable bonds is 4. The molecule has 0 atom stereocenters. The molecule has 1 amide bonds. The van der Waals surface area contributed by atoms with Gasteiger partial charge in [0, 0.05) is 18.7 Å². The summed E-state index contributed by atoms with van der Waals surface area (Å²) in [5.41, 5.74) is 6.42. The zero-order valence-electron chi connectivity index (χ0n) is 15.1. The fraction of sp³-hybridized carbons (Fsp3) is 0.471. The van der Waals surface area contributed by atoms with Crippen molar-refractivity contribution < 1.29 is 17.7 Å². The first-order valence-corrected chi connectivity index (χ1v) is 10.3. The number of nitrogens with two attached hydrogens (primary N) is 1. The Balaban J connectivity index is 0.00000225. The number of benzene rings is 1. The zero-order valence-corrected chi connectivity index (χ0v) is 16.8. The van der Waals surface area contributed by atoms with Crippen molar-refractivity contribution in [3.05, 3.63) is 30.1 Å². The molecule has 0 unspecified atom stereocenters. The number of carbonyl (C=O) groups is 1. The van der Waals surface area contributed by atoms with Gasteiger partial charge in [-0.1, -0.05) is 18.0 Å². The van der Waals surface area contributed by atoms with Crippen molar-refractivity contribution in [2.45, 2.75) is 36.1 Å². The maximum atomic E-state index is 12.7. The second kappa shape index (κ2) is 7.78. The summed E-state index contributed by atoms with van der Waals surface area (Å²) in [7, 11) is -3.73. The lowest BCUT2D eigenvalue weighted by atomic mass is 9.99. The molecule has 9 nitrogen and oxygen atoms in total. The fourth-order valence-corrected chi connectivity index (χ4v) is 4.91. The Labute approximate surface area is 169 Å². The Bertz CT molecular complexity index is 954. The van der Waals surface area contributed by atoms with Gasteiger partial charge in [-0.2, -0.15) is 9.29 Å². The maximum absolute atomic E-state index is 12.7. The second-order valence-corrected chi connectivity index (χ2v) is 8.94. The van der Waals surface area contributed by atoms with E-state index in [-0.39, 0.29) is 36.3 Å². The van der Waals surface area contributed by atoms with Crippen LogP contribution in [0.25, 0.3) is 11.5 Å². The molecule has 1 saturated heterocycles. The number of hydrogen-bond donors (Lipinski definition) is 2. The van der Waals surface area contributed by atoms with E-state index in [4.69, 9.17) is 10.3 Å². The summed E-state index contributed by atoms with van der Waals surface area (Å²) in [6.07, 6.45) is 3.74. The SMILES string of the molecule is Cl.NC1(c2noc(-c3ccc(S(=O)(=O)N4CCNC(=O)C4)cc3)n2)CCCC1. The lowest BCUT2D eigenvalue weighted by molar-refractivity contribution is -0.122. The molecule has 3 N–H and O–H groups in total. The van der Waals surface area contributed by atoms with Crippen LogP contribution in [0.4, 0.5) is 0 Å². The minimum Gasteiger partial charge on any atom is -0.354 e. The molecular formula is C17H22ClN5O4S. The molecule has 1 aromatic heterocycles. The van der Waals surface area contributed by atoms with Gasteiger partial charge in [0.2, 0.25) is 15.9 Å². The van der Waals surface area contributed by atoms with E-state index in [1.165, 1.54) is 16.4 Å². The topological polar surface area (TPSA) is 131 Å². The first kappa shape index (κ1) is 20.7. The van der Waals surface area contributed by atoms with E-state index in [9.17, 15) is 13.2 Å². The summed E-state index contributed by atoms with van der Waals surface area (Å²) >= 11 is 0. The molecule has 2 fully saturated rings. The third kappa shape index (κ3) is 3.77. The number of hydrogen-bond acceptors (Lipinski definition) is 7. The molecule has 4 rings (SSSR count). The molecule has 1 saturated carbocycles. The largest absolute Gasteiger partial charge is 0.354 e. The van der Waals surface area contributed by atoms with E-state index in [1.54, 1.807) is 12.1 Å². The highest BCUT2D eigenvalue weighted by molar-refractivity contribution is 7.89. The van der Waals surface area contributed by atoms with E-state index in [2.05, 4.69) is 15.5 Å². The van der Waals surface area contributed by atoms with Gasteiger partial charge in [-0.05, 0) is 37.1 Å². The number of amides is 1. The fourth-order valence-electron chi connectivity index (χ4n) is 3.51. The lowest BCUT2D eigenvalue weighted by Crippen LogP contribution is -2.49. The van der Waals surface area contributed by atoms with Gasteiger partial charge in [-0.25, -0.2) is 8.42 Å². The van der Waals surface area contributed by atoms with E-state index in [0.29, 0.717) is 23.8 Å². The highest BCUT2D eigenvalue weighted by Gasteiger charge is 2.36. The van der Waals surface area contributed by atoms with Crippen LogP contribution in [0, 0.1) is 0 Å². The minimum atomic E-state index is -3.73. The van der Waals surface area contributed by atoms with Crippen LogP contribution in [-0.2, 0) is 20.4 Å². The van der Waals surface area contributed by atoms with Crippen molar-refractivity contribution in [3.63, 3.8) is 0 Å². The van der Waals surface area contributed by atoms with Crippen LogP contribution in [0.2, 0.25) is 0 Å². The monoisotopic (exact) mass is 427 g/mol. The summed E-state index contributed by atoms with van der Waals surface area (Å²) in [4.78, 5) is 16.0. The predicted octanol–water partition coefficient (Wildman–Crippen LogP) is 1.01. The average molecular weight is 428 g/mol. The van der Waals surface area contributed by atoms with E-state index < -0.39 is 15.6 Å². The molecule has 1 aliphatic heterocycles. The predicted molar refractivity (Wildman–Crippen MR) is 103 cm³/mol. The molecule has 0 radical (unpaired) electrons. The Morgan fingerprint density at radius 3 is 2.50 bits per heavy atom. The first-order valence-electron chi connectivity index (χ1n) is 8.89. The van der Waals surface area contributed by atoms with Crippen molar-refractivity contribution in [2.24, 2.45) is 5.73 Å². The number of aromatic nitrogens is 2. The van der Waals surface area contributed by atoms with Crippen LogP contribution in [0.1, 0.15) is 31.5 Å². The van der Waals surface area contributed by atoms with Crippen LogP contribution in [0.5, 0.6) is 0 Å². The molecule has 11 heteroatoms. The Hall–Kier alpha value is -2.01. The molecule has 1 aromatic carbocycles. The summed E-state index contributed by atoms with van der Waals surface area (Å²) in [5, 5.41) is 6.63. The number of sulfonamides is 1. The van der Waals surface area contributed by atoms with Gasteiger partial charge in [-0.15, -0.1) is 12.4 Å². The average Bonchev–Trinajstić information content (AvgIpc) is 3.32. The summed E-state index contributed by atoms with van der Waals surface area (Å²) in [6, 6.07) is 6.20. The molecule has 28 heavy (non-hydrogen) atoms. The maximum Gasteiger partial charge on any atom is 0.257 e. The molecule has 152 valence electrons. The smallest absolute Gasteiger partial charge is 0.257 e. The van der Waals surface area contributed by atoms with E-state index in [0.717, 1.165) is 25.7 Å². The molecule has 1 aliphatic carbocycles. The number of nitrogens with one attached hydrogen (secondary N) is 1. The molecule has 2 aromatic rings. The lowest BCUT2D eigenvalue weighted by Gasteiger charge is -2.25. The van der Waals surface area contributed by atoms with E-state index in [1.807, 2.05) is 0 Å². The van der Waals surface area contributed by atoms with Gasteiger partial charge in [0.15, 0.2) is 5.82 Å². The highest BCUT2D eigenvalue weighted by Crippen LogP contribution is 2.35. The standard InChI is InChI=1S/C17H21N5O4S.ClH/c18-17(7-1-2-8-17)16-20-15(26-21-16)12-3-5-13(6-4-12)27(24,25)22-10-9-19-14(23)11-22;/h3-6H,1-2,7-11,18H2,(H,19,23);1H. The Morgan fingerprint density at radius 2 is 1.86 bits per heavy atom. The van der Waals surface area contributed by atoms with Crippen molar-refractivity contribution in [3.8, 4) is 11.5 Å². The van der Waals surface area contributed by atoms with Crippen LogP contribution >= 0.6 is 12.4 Å². The van der Waals surface area contributed by atoms with Gasteiger partial charge in [0.05, 0.1) is 17.0 Å². The minimum absolute atomic E-state index is 0. The van der Waals surface area contributed by atoms with Crippen LogP contribution in [0.15, 0.2) is 33.7 Å². The van der Waals surface area contributed by atoms with Crippen molar-refractivity contribution >= 4 is 28.3 Å². The van der Waals surface area contributed by atoms with Crippen molar-refractivity contribution in [1.82, 2.24) is 19.8 Å². The van der Waals surface area contributed by atoms with Gasteiger partial charge < -0.3 is 15.6 Å². The molecule has 0 spiro atoms. The summed E-state index contributed by atoms with van der Waals surface area (Å²) in [5.74, 6) is 0.497. The van der Waals surface area contributed by atoms with Crippen molar-refractivity contribution in [2.75, 3.05) is 19.6 Å². The Kier molecular flexibility index (Phi) is 5.76. The summed E-state index contributed by atoms with van der Waals surface area (Å²) < 4.78 is 31.9. The number of carbonyl (C=O) groups excluding carboxylic acids is 1. The van der Waals surface area contributed by atoms with Gasteiger partial charge in [0.25, 0.3) is 5.89 Å². The second-order valence-electron chi connectivity index (χ2n) is 7.00. The van der Waals surface area contributed by atoms with Gasteiger partial charge >= 0.3 is 0 Å². The highest BCUT2D eigenvalue weighted by atomic mass is 35.5. The van der Waals surface area contributed by atoms with Crippen LogP contribution in [0.3, 0.4) is 0 Å². The molecule has 0 bridgehead atoms. The third-order valence-corrected chi connectivity index (χ3v) is 6.97. The van der Waals surface area contributed by atoms with Gasteiger partial charge in [-0.3, -0.25) is 4.79 Å². The first-order chi connectivity index (χ1) is 12.9. The number of nitrogens with zero attached hydrogens (tertiary/aromatic N) is 3. The quantitative estimate of drug-likeness (QED) is 0.744. The van der Waals surface area contributed by atoms with E-state index >= 15 is 0 Å². The van der Waals surface area contributed by atoms with Gasteiger partial charge in [0.1, 0.15) is 0 Å². The Morgan fingerprint density at radius 1 is 1.18 bits per heavy atom. The number of halogens is 1. The normalized spacial score (nSPS) is 19.8. The summed E-state index contributed by atoms with van der Waals surface area (Å²) in [6.45, 7) is 0.388. The molecule has 2 heterocycles. The number of piperazine rings is 1. The zero-order chi connectivity index (χ0) is 19.1. The van der Waals surface area contributed by atoms with Crippen LogP contribution < -0.4 is 11.1 Å². The van der Waals surface area contributed by atoms with Crippen LogP contribution in [-0.4, -0.2) is 48.4 Å². The third-order valence-electron chi connectivity index (χ3n) is 5.11. The molecular weight excluding hydrogens is 406 g/mol. The molecule has 2 aliphatic rings. The van der Waals surface area contributed by atoms with Crippen molar-refractivity contribution in [1.29, 1.82) is 0 Å².